The molecule has 0 aliphatic rings. The van der Waals surface area contributed by atoms with Gasteiger partial charge in [-0.25, -0.2) is 4.79 Å². The van der Waals surface area contributed by atoms with Crippen LogP contribution in [0.5, 0.6) is 0 Å². The van der Waals surface area contributed by atoms with Crippen molar-refractivity contribution in [3.63, 3.8) is 0 Å². The lowest BCUT2D eigenvalue weighted by molar-refractivity contribution is -0.384. The maximum atomic E-state index is 10.8. The molecule has 0 heterocycles. The third kappa shape index (κ3) is 2.10. The van der Waals surface area contributed by atoms with Crippen molar-refractivity contribution in [3.8, 4) is 0 Å². The molecule has 0 spiro atoms. The van der Waals surface area contributed by atoms with Gasteiger partial charge >= 0.3 is 5.97 Å². The summed E-state index contributed by atoms with van der Waals surface area (Å²) in [6.45, 7) is 1.33. The molecular formula is C9H10N2O4. The molecule has 15 heavy (non-hydrogen) atoms. The van der Waals surface area contributed by atoms with Crippen LogP contribution in [0.1, 0.15) is 12.5 Å². The normalized spacial score (nSPS) is 14.3. The lowest BCUT2D eigenvalue weighted by atomic mass is 9.93. The smallest absolute Gasteiger partial charge is 0.328 e. The summed E-state index contributed by atoms with van der Waals surface area (Å²) >= 11 is 0. The van der Waals surface area contributed by atoms with Gasteiger partial charge in [0.2, 0.25) is 0 Å². The number of non-ortho nitro benzene ring substituents is 1. The quantitative estimate of drug-likeness (QED) is 0.568. The number of carboxylic acids is 1. The summed E-state index contributed by atoms with van der Waals surface area (Å²) in [5, 5.41) is 19.2. The summed E-state index contributed by atoms with van der Waals surface area (Å²) in [5.41, 5.74) is 4.23. The van der Waals surface area contributed by atoms with E-state index in [2.05, 4.69) is 0 Å². The highest BCUT2D eigenvalue weighted by Crippen LogP contribution is 2.20. The number of nitro groups is 1. The van der Waals surface area contributed by atoms with Gasteiger partial charge < -0.3 is 10.8 Å². The van der Waals surface area contributed by atoms with Gasteiger partial charge in [-0.15, -0.1) is 0 Å². The van der Waals surface area contributed by atoms with Crippen LogP contribution in [-0.2, 0) is 10.3 Å². The second-order valence-corrected chi connectivity index (χ2v) is 3.31. The van der Waals surface area contributed by atoms with Crippen molar-refractivity contribution in [2.75, 3.05) is 0 Å². The van der Waals surface area contributed by atoms with Crippen molar-refractivity contribution in [2.24, 2.45) is 5.73 Å². The minimum atomic E-state index is -1.53. The van der Waals surface area contributed by atoms with Crippen molar-refractivity contribution < 1.29 is 14.8 Å². The van der Waals surface area contributed by atoms with E-state index in [1.54, 1.807) is 0 Å². The maximum Gasteiger partial charge on any atom is 0.328 e. The molecule has 0 aliphatic carbocycles. The number of benzene rings is 1. The highest BCUT2D eigenvalue weighted by atomic mass is 16.6. The van der Waals surface area contributed by atoms with Gasteiger partial charge in [0.05, 0.1) is 4.92 Å². The highest BCUT2D eigenvalue weighted by Gasteiger charge is 2.30. The van der Waals surface area contributed by atoms with Crippen molar-refractivity contribution in [2.45, 2.75) is 12.5 Å². The fourth-order valence-corrected chi connectivity index (χ4v) is 1.05. The van der Waals surface area contributed by atoms with Crippen LogP contribution in [0.15, 0.2) is 24.3 Å². The van der Waals surface area contributed by atoms with Gasteiger partial charge in [-0.05, 0) is 24.6 Å². The van der Waals surface area contributed by atoms with Crippen molar-refractivity contribution in [1.82, 2.24) is 0 Å². The Morgan fingerprint density at radius 2 is 1.93 bits per heavy atom. The van der Waals surface area contributed by atoms with E-state index in [9.17, 15) is 14.9 Å². The third-order valence-corrected chi connectivity index (χ3v) is 2.12. The number of hydrogen-bond donors (Lipinski definition) is 2. The SMILES string of the molecule is C[C@](N)(C(=O)O)c1ccc([N+](=O)[O-])cc1. The molecule has 1 rings (SSSR count). The Hall–Kier alpha value is -1.95. The maximum absolute atomic E-state index is 10.8. The molecule has 1 aromatic carbocycles. The van der Waals surface area contributed by atoms with Gasteiger partial charge in [0.25, 0.3) is 5.69 Å². The first-order valence-electron chi connectivity index (χ1n) is 4.13. The fourth-order valence-electron chi connectivity index (χ4n) is 1.05. The largest absolute Gasteiger partial charge is 0.480 e. The highest BCUT2D eigenvalue weighted by molar-refractivity contribution is 5.79. The number of carboxylic acid groups (broad SMARTS) is 1. The number of nitro benzene ring substituents is 1. The molecule has 1 aromatic rings. The van der Waals surface area contributed by atoms with E-state index in [1.165, 1.54) is 31.2 Å². The summed E-state index contributed by atoms with van der Waals surface area (Å²) in [6, 6.07) is 5.13. The molecule has 0 radical (unpaired) electrons. The first kappa shape index (κ1) is 11.1. The van der Waals surface area contributed by atoms with Gasteiger partial charge in [-0.2, -0.15) is 0 Å². The van der Waals surface area contributed by atoms with Crippen LogP contribution >= 0.6 is 0 Å². The predicted molar refractivity (Wildman–Crippen MR) is 52.3 cm³/mol. The second kappa shape index (κ2) is 3.66. The Kier molecular flexibility index (Phi) is 2.71. The lowest BCUT2D eigenvalue weighted by Crippen LogP contribution is -2.41. The third-order valence-electron chi connectivity index (χ3n) is 2.12. The van der Waals surface area contributed by atoms with Crippen molar-refractivity contribution in [1.29, 1.82) is 0 Å². The van der Waals surface area contributed by atoms with E-state index >= 15 is 0 Å². The van der Waals surface area contributed by atoms with Gasteiger partial charge in [-0.1, -0.05) is 0 Å². The van der Waals surface area contributed by atoms with Gasteiger partial charge in [0.1, 0.15) is 5.54 Å². The van der Waals surface area contributed by atoms with Gasteiger partial charge in [0, 0.05) is 12.1 Å². The van der Waals surface area contributed by atoms with Crippen LogP contribution in [0.3, 0.4) is 0 Å². The molecule has 0 bridgehead atoms. The molecule has 1 atom stereocenters. The average Bonchev–Trinajstić information content (AvgIpc) is 2.17. The number of nitrogens with zero attached hydrogens (tertiary/aromatic N) is 1. The molecule has 0 amide bonds. The zero-order valence-electron chi connectivity index (χ0n) is 8.01. The van der Waals surface area contributed by atoms with Crippen LogP contribution in [0, 0.1) is 10.1 Å². The van der Waals surface area contributed by atoms with Crippen LogP contribution in [0.4, 0.5) is 5.69 Å². The molecule has 0 aliphatic heterocycles. The summed E-state index contributed by atoms with van der Waals surface area (Å²) in [4.78, 5) is 20.6. The van der Waals surface area contributed by atoms with E-state index in [-0.39, 0.29) is 5.69 Å². The number of rotatable bonds is 3. The van der Waals surface area contributed by atoms with Crippen LogP contribution in [0.25, 0.3) is 0 Å². The van der Waals surface area contributed by atoms with Crippen LogP contribution in [-0.4, -0.2) is 16.0 Å². The molecule has 0 saturated carbocycles. The van der Waals surface area contributed by atoms with Crippen LogP contribution in [0.2, 0.25) is 0 Å². The number of carbonyl (C=O) groups is 1. The summed E-state index contributed by atoms with van der Waals surface area (Å²) in [5.74, 6) is -1.18. The zero-order valence-corrected chi connectivity index (χ0v) is 8.01. The zero-order chi connectivity index (χ0) is 11.6. The Bertz CT molecular complexity index is 397. The molecule has 6 nitrogen and oxygen atoms in total. The number of hydrogen-bond acceptors (Lipinski definition) is 4. The first-order valence-corrected chi connectivity index (χ1v) is 4.13. The lowest BCUT2D eigenvalue weighted by Gasteiger charge is -2.19. The number of aliphatic carboxylic acids is 1. The van der Waals surface area contributed by atoms with E-state index < -0.39 is 16.4 Å². The van der Waals surface area contributed by atoms with Gasteiger partial charge in [0.15, 0.2) is 0 Å². The molecule has 0 aromatic heterocycles. The molecule has 3 N–H and O–H groups in total. The first-order chi connectivity index (χ1) is 6.85. The fraction of sp³-hybridized carbons (Fsp3) is 0.222. The average molecular weight is 210 g/mol. The monoisotopic (exact) mass is 210 g/mol. The summed E-state index contributed by atoms with van der Waals surface area (Å²) < 4.78 is 0. The van der Waals surface area contributed by atoms with Gasteiger partial charge in [-0.3, -0.25) is 10.1 Å². The van der Waals surface area contributed by atoms with E-state index in [0.29, 0.717) is 5.56 Å². The van der Waals surface area contributed by atoms with E-state index in [0.717, 1.165) is 0 Å². The second-order valence-electron chi connectivity index (χ2n) is 3.31. The van der Waals surface area contributed by atoms with Crippen molar-refractivity contribution >= 4 is 11.7 Å². The molecule has 0 saturated heterocycles. The minimum Gasteiger partial charge on any atom is -0.480 e. The van der Waals surface area contributed by atoms with Crippen LogP contribution < -0.4 is 5.73 Å². The van der Waals surface area contributed by atoms with E-state index in [4.69, 9.17) is 10.8 Å². The summed E-state index contributed by atoms with van der Waals surface area (Å²) in [7, 11) is 0. The Morgan fingerprint density at radius 1 is 1.47 bits per heavy atom. The van der Waals surface area contributed by atoms with E-state index in [1.807, 2.05) is 0 Å². The topological polar surface area (TPSA) is 106 Å². The Labute approximate surface area is 85.5 Å². The minimum absolute atomic E-state index is 0.0973. The standard InChI is InChI=1S/C9H10N2O4/c1-9(10,8(12)13)6-2-4-7(5-3-6)11(14)15/h2-5H,10H2,1H3,(H,12,13)/t9-/m1/s1. The Morgan fingerprint density at radius 3 is 2.27 bits per heavy atom. The molecule has 0 unspecified atom stereocenters. The predicted octanol–water partition coefficient (Wildman–Crippen LogP) is 0.853. The van der Waals surface area contributed by atoms with Crippen molar-refractivity contribution in [3.05, 3.63) is 39.9 Å². The number of nitrogens with two attached hydrogens (primary N) is 1. The summed E-state index contributed by atoms with van der Waals surface area (Å²) in [6.07, 6.45) is 0. The molecule has 6 heteroatoms. The molecule has 80 valence electrons. The molecular weight excluding hydrogens is 200 g/mol. The Balaban J connectivity index is 3.09. The molecule has 0 fully saturated rings.